The number of nitrogens with zero attached hydrogens (tertiary/aromatic N) is 1. The van der Waals surface area contributed by atoms with Gasteiger partial charge in [0, 0.05) is 23.0 Å². The fourth-order valence-corrected chi connectivity index (χ4v) is 2.78. The molecule has 1 heterocycles. The monoisotopic (exact) mass is 397 g/mol. The Bertz CT molecular complexity index is 1050. The SMILES string of the molecule is CCc1cc(=O)[nH]c(-c2cccc(NC(=O)C(C)Oc3ccccc3Cl)c2)n1. The maximum absolute atomic E-state index is 12.5. The number of carbonyl (C=O) groups is 1. The second-order valence-corrected chi connectivity index (χ2v) is 6.61. The van der Waals surface area contributed by atoms with Gasteiger partial charge in [-0.05, 0) is 37.6 Å². The summed E-state index contributed by atoms with van der Waals surface area (Å²) in [5.41, 5.74) is 1.76. The van der Waals surface area contributed by atoms with E-state index in [-0.39, 0.29) is 11.5 Å². The zero-order valence-electron chi connectivity index (χ0n) is 15.5. The van der Waals surface area contributed by atoms with Crippen molar-refractivity contribution in [1.29, 1.82) is 0 Å². The molecule has 1 amide bonds. The van der Waals surface area contributed by atoms with Gasteiger partial charge in [0.15, 0.2) is 6.10 Å². The number of H-pyrrole nitrogens is 1. The number of carbonyl (C=O) groups excluding carboxylic acids is 1. The fraction of sp³-hybridized carbons (Fsp3) is 0.190. The standard InChI is InChI=1S/C21H20ClN3O3/c1-3-15-12-19(26)25-20(23-15)14-7-6-8-16(11-14)24-21(27)13(2)28-18-10-5-4-9-17(18)22/h4-13H,3H2,1-2H3,(H,24,27)(H,23,25,26). The molecule has 7 heteroatoms. The topological polar surface area (TPSA) is 84.1 Å². The van der Waals surface area contributed by atoms with E-state index in [9.17, 15) is 9.59 Å². The van der Waals surface area contributed by atoms with Gasteiger partial charge in [-0.25, -0.2) is 4.98 Å². The summed E-state index contributed by atoms with van der Waals surface area (Å²) in [6.45, 7) is 3.58. The van der Waals surface area contributed by atoms with Crippen LogP contribution in [-0.4, -0.2) is 22.0 Å². The lowest BCUT2D eigenvalue weighted by Crippen LogP contribution is -2.30. The molecule has 0 radical (unpaired) electrons. The molecule has 0 aliphatic rings. The number of para-hydroxylation sites is 1. The Labute approximate surface area is 167 Å². The molecular weight excluding hydrogens is 378 g/mol. The van der Waals surface area contributed by atoms with E-state index in [0.29, 0.717) is 40.0 Å². The summed E-state index contributed by atoms with van der Waals surface area (Å²) in [6.07, 6.45) is -0.0885. The van der Waals surface area contributed by atoms with Crippen LogP contribution in [0.5, 0.6) is 5.75 Å². The van der Waals surface area contributed by atoms with Crippen molar-refractivity contribution in [2.75, 3.05) is 5.32 Å². The first kappa shape index (κ1) is 19.6. The lowest BCUT2D eigenvalue weighted by molar-refractivity contribution is -0.122. The second-order valence-electron chi connectivity index (χ2n) is 6.20. The second kappa shape index (κ2) is 8.71. The lowest BCUT2D eigenvalue weighted by Gasteiger charge is -2.16. The molecule has 1 atom stereocenters. The molecule has 28 heavy (non-hydrogen) atoms. The van der Waals surface area contributed by atoms with Crippen molar-refractivity contribution >= 4 is 23.2 Å². The minimum atomic E-state index is -0.745. The number of nitrogens with one attached hydrogen (secondary N) is 2. The van der Waals surface area contributed by atoms with Crippen LogP contribution in [0.3, 0.4) is 0 Å². The Morgan fingerprint density at radius 3 is 2.75 bits per heavy atom. The Morgan fingerprint density at radius 2 is 2.00 bits per heavy atom. The molecule has 3 rings (SSSR count). The van der Waals surface area contributed by atoms with Crippen LogP contribution in [0, 0.1) is 0 Å². The molecule has 1 aromatic heterocycles. The Balaban J connectivity index is 1.75. The number of aryl methyl sites for hydroxylation is 1. The van der Waals surface area contributed by atoms with E-state index in [1.165, 1.54) is 6.07 Å². The molecule has 3 aromatic rings. The van der Waals surface area contributed by atoms with Crippen molar-refractivity contribution in [1.82, 2.24) is 9.97 Å². The molecule has 0 aliphatic heterocycles. The average molecular weight is 398 g/mol. The Morgan fingerprint density at radius 1 is 1.21 bits per heavy atom. The summed E-state index contributed by atoms with van der Waals surface area (Å²) >= 11 is 6.07. The number of anilines is 1. The summed E-state index contributed by atoms with van der Waals surface area (Å²) in [4.78, 5) is 31.4. The number of aromatic nitrogens is 2. The van der Waals surface area contributed by atoms with Crippen LogP contribution in [-0.2, 0) is 11.2 Å². The van der Waals surface area contributed by atoms with E-state index in [1.807, 2.05) is 13.0 Å². The highest BCUT2D eigenvalue weighted by Gasteiger charge is 2.16. The average Bonchev–Trinajstić information content (AvgIpc) is 2.69. The molecule has 2 aromatic carbocycles. The first-order valence-electron chi connectivity index (χ1n) is 8.89. The van der Waals surface area contributed by atoms with Crippen molar-refractivity contribution in [3.63, 3.8) is 0 Å². The molecule has 0 spiro atoms. The van der Waals surface area contributed by atoms with E-state index in [4.69, 9.17) is 16.3 Å². The molecule has 0 bridgehead atoms. The summed E-state index contributed by atoms with van der Waals surface area (Å²) in [5, 5.41) is 3.25. The maximum atomic E-state index is 12.5. The van der Waals surface area contributed by atoms with Crippen LogP contribution in [0.1, 0.15) is 19.5 Å². The number of amides is 1. The smallest absolute Gasteiger partial charge is 0.265 e. The molecule has 0 saturated carbocycles. The molecule has 0 fully saturated rings. The van der Waals surface area contributed by atoms with Crippen LogP contribution in [0.25, 0.3) is 11.4 Å². The van der Waals surface area contributed by atoms with Gasteiger partial charge in [0.1, 0.15) is 11.6 Å². The van der Waals surface area contributed by atoms with Gasteiger partial charge >= 0.3 is 0 Å². The largest absolute Gasteiger partial charge is 0.479 e. The number of benzene rings is 2. The van der Waals surface area contributed by atoms with E-state index >= 15 is 0 Å². The van der Waals surface area contributed by atoms with Gasteiger partial charge in [0.05, 0.1) is 5.02 Å². The number of rotatable bonds is 6. The highest BCUT2D eigenvalue weighted by molar-refractivity contribution is 6.32. The first-order valence-corrected chi connectivity index (χ1v) is 9.26. The normalized spacial score (nSPS) is 11.7. The third-order valence-corrected chi connectivity index (χ3v) is 4.38. The summed E-state index contributed by atoms with van der Waals surface area (Å²) in [7, 11) is 0. The van der Waals surface area contributed by atoms with E-state index < -0.39 is 6.10 Å². The van der Waals surface area contributed by atoms with Crippen LogP contribution in [0.2, 0.25) is 5.02 Å². The highest BCUT2D eigenvalue weighted by Crippen LogP contribution is 2.25. The van der Waals surface area contributed by atoms with Gasteiger partial charge in [-0.15, -0.1) is 0 Å². The summed E-state index contributed by atoms with van der Waals surface area (Å²) in [5.74, 6) is 0.584. The van der Waals surface area contributed by atoms with E-state index in [0.717, 1.165) is 0 Å². The fourth-order valence-electron chi connectivity index (χ4n) is 2.60. The predicted octanol–water partition coefficient (Wildman–Crippen LogP) is 4.06. The third kappa shape index (κ3) is 4.78. The van der Waals surface area contributed by atoms with Crippen LogP contribution >= 0.6 is 11.6 Å². The number of ether oxygens (including phenoxy) is 1. The van der Waals surface area contributed by atoms with Crippen molar-refractivity contribution in [2.24, 2.45) is 0 Å². The molecular formula is C21H20ClN3O3. The number of hydrogen-bond acceptors (Lipinski definition) is 4. The van der Waals surface area contributed by atoms with Crippen LogP contribution in [0.15, 0.2) is 59.4 Å². The van der Waals surface area contributed by atoms with Crippen molar-refractivity contribution in [2.45, 2.75) is 26.4 Å². The molecule has 144 valence electrons. The molecule has 0 saturated heterocycles. The zero-order valence-corrected chi connectivity index (χ0v) is 16.3. The molecule has 6 nitrogen and oxygen atoms in total. The Kier molecular flexibility index (Phi) is 6.11. The van der Waals surface area contributed by atoms with Gasteiger partial charge in [-0.2, -0.15) is 0 Å². The predicted molar refractivity (Wildman–Crippen MR) is 110 cm³/mol. The molecule has 2 N–H and O–H groups in total. The van der Waals surface area contributed by atoms with Crippen molar-refractivity contribution in [3.05, 3.63) is 75.7 Å². The van der Waals surface area contributed by atoms with Crippen molar-refractivity contribution < 1.29 is 9.53 Å². The van der Waals surface area contributed by atoms with E-state index in [1.54, 1.807) is 49.4 Å². The van der Waals surface area contributed by atoms with Gasteiger partial charge in [0.2, 0.25) is 0 Å². The maximum Gasteiger partial charge on any atom is 0.265 e. The first-order chi connectivity index (χ1) is 13.5. The summed E-state index contributed by atoms with van der Waals surface area (Å²) in [6, 6.07) is 15.6. The highest BCUT2D eigenvalue weighted by atomic mass is 35.5. The quantitative estimate of drug-likeness (QED) is 0.657. The van der Waals surface area contributed by atoms with Crippen LogP contribution in [0.4, 0.5) is 5.69 Å². The minimum Gasteiger partial charge on any atom is -0.479 e. The van der Waals surface area contributed by atoms with Gasteiger partial charge < -0.3 is 15.0 Å². The van der Waals surface area contributed by atoms with Gasteiger partial charge in [-0.3, -0.25) is 9.59 Å². The molecule has 0 aliphatic carbocycles. The van der Waals surface area contributed by atoms with Gasteiger partial charge in [0.25, 0.3) is 11.5 Å². The third-order valence-electron chi connectivity index (χ3n) is 4.07. The van der Waals surface area contributed by atoms with Crippen LogP contribution < -0.4 is 15.6 Å². The lowest BCUT2D eigenvalue weighted by atomic mass is 10.1. The van der Waals surface area contributed by atoms with Gasteiger partial charge in [-0.1, -0.05) is 42.8 Å². The number of halogens is 1. The van der Waals surface area contributed by atoms with Crippen molar-refractivity contribution in [3.8, 4) is 17.1 Å². The summed E-state index contributed by atoms with van der Waals surface area (Å²) < 4.78 is 5.64. The number of aromatic amines is 1. The minimum absolute atomic E-state index is 0.210. The Hall–Kier alpha value is -3.12. The molecule has 1 unspecified atom stereocenters. The number of hydrogen-bond donors (Lipinski definition) is 2. The van der Waals surface area contributed by atoms with E-state index in [2.05, 4.69) is 15.3 Å². The zero-order chi connectivity index (χ0) is 20.1.